The van der Waals surface area contributed by atoms with Crippen molar-refractivity contribution in [3.05, 3.63) is 24.3 Å². The minimum Gasteiger partial charge on any atom is -0.124 e. The van der Waals surface area contributed by atoms with Crippen LogP contribution in [0.15, 0.2) is 24.3 Å². The highest BCUT2D eigenvalue weighted by molar-refractivity contribution is 5.11. The predicted molar refractivity (Wildman–Crippen MR) is 32.8 cm³/mol. The van der Waals surface area contributed by atoms with Crippen LogP contribution in [0.25, 0.3) is 0 Å². The minimum absolute atomic E-state index is 1.14. The molecule has 0 amide bonds. The average molecular weight is 92.1 g/mol. The highest BCUT2D eigenvalue weighted by Crippen LogP contribution is 1.93. The van der Waals surface area contributed by atoms with Crippen LogP contribution in [-0.2, 0) is 0 Å². The maximum absolute atomic E-state index is 4.00. The largest absolute Gasteiger partial charge is 0.124 e. The smallest absolute Gasteiger partial charge is 0.0163 e. The van der Waals surface area contributed by atoms with Crippen LogP contribution in [-0.4, -0.2) is 0 Å². The van der Waals surface area contributed by atoms with Gasteiger partial charge in [0.15, 0.2) is 0 Å². The SMILES string of the molecule is C#C.C1=CCC=C1. The molecule has 0 nitrogen and oxygen atoms in total. The highest BCUT2D eigenvalue weighted by Gasteiger charge is 1.72. The molecule has 1 rings (SSSR count). The second-order valence-corrected chi connectivity index (χ2v) is 1.09. The van der Waals surface area contributed by atoms with Crippen molar-refractivity contribution in [3.8, 4) is 12.8 Å². The molecular formula is C7H8. The third-order valence-electron chi connectivity index (χ3n) is 0.655. The second kappa shape index (κ2) is 5.04. The molecule has 0 bridgehead atoms. The molecule has 0 radical (unpaired) electrons. The summed E-state index contributed by atoms with van der Waals surface area (Å²) < 4.78 is 0. The Hall–Kier alpha value is -0.960. The summed E-state index contributed by atoms with van der Waals surface area (Å²) in [5, 5.41) is 0. The lowest BCUT2D eigenvalue weighted by molar-refractivity contribution is 1.45. The lowest BCUT2D eigenvalue weighted by Gasteiger charge is -1.57. The van der Waals surface area contributed by atoms with Crippen LogP contribution in [0.5, 0.6) is 0 Å². The summed E-state index contributed by atoms with van der Waals surface area (Å²) in [5.74, 6) is 0. The molecule has 0 atom stereocenters. The summed E-state index contributed by atoms with van der Waals surface area (Å²) in [7, 11) is 0. The van der Waals surface area contributed by atoms with Gasteiger partial charge in [0.2, 0.25) is 0 Å². The molecule has 0 heterocycles. The monoisotopic (exact) mass is 92.1 g/mol. The first kappa shape index (κ1) is 6.04. The van der Waals surface area contributed by atoms with Gasteiger partial charge in [-0.15, -0.1) is 12.8 Å². The fourth-order valence-electron chi connectivity index (χ4n) is 0.393. The first-order valence-electron chi connectivity index (χ1n) is 2.15. The third kappa shape index (κ3) is 2.85. The van der Waals surface area contributed by atoms with Gasteiger partial charge in [0, 0.05) is 0 Å². The zero-order chi connectivity index (χ0) is 5.54. The van der Waals surface area contributed by atoms with Crippen LogP contribution in [0, 0.1) is 12.8 Å². The lowest BCUT2D eigenvalue weighted by Crippen LogP contribution is -1.37. The fourth-order valence-corrected chi connectivity index (χ4v) is 0.393. The normalized spacial score (nSPS) is 12.9. The van der Waals surface area contributed by atoms with E-state index in [0.717, 1.165) is 6.42 Å². The standard InChI is InChI=1S/C5H6.C2H2/c1-2-4-5-3-1;1-2/h1-4H,5H2;1-2H. The van der Waals surface area contributed by atoms with Gasteiger partial charge >= 0.3 is 0 Å². The van der Waals surface area contributed by atoms with E-state index in [0.29, 0.717) is 0 Å². The molecule has 1 aliphatic carbocycles. The van der Waals surface area contributed by atoms with Gasteiger partial charge in [-0.05, 0) is 6.42 Å². The molecular weight excluding hydrogens is 84.1 g/mol. The Labute approximate surface area is 44.5 Å². The summed E-state index contributed by atoms with van der Waals surface area (Å²) in [6.45, 7) is 0. The summed E-state index contributed by atoms with van der Waals surface area (Å²) in [4.78, 5) is 0. The van der Waals surface area contributed by atoms with Crippen molar-refractivity contribution in [1.82, 2.24) is 0 Å². The summed E-state index contributed by atoms with van der Waals surface area (Å²) in [6.07, 6.45) is 17.5. The topological polar surface area (TPSA) is 0 Å². The zero-order valence-corrected chi connectivity index (χ0v) is 4.17. The molecule has 0 aliphatic heterocycles. The quantitative estimate of drug-likeness (QED) is 0.399. The Balaban J connectivity index is 0.000000162. The average Bonchev–Trinajstić information content (AvgIpc) is 2.23. The molecule has 7 heavy (non-hydrogen) atoms. The maximum Gasteiger partial charge on any atom is -0.0163 e. The Morgan fingerprint density at radius 2 is 1.43 bits per heavy atom. The van der Waals surface area contributed by atoms with Gasteiger partial charge in [0.25, 0.3) is 0 Å². The summed E-state index contributed by atoms with van der Waals surface area (Å²) in [5.41, 5.74) is 0. The van der Waals surface area contributed by atoms with E-state index in [1.807, 2.05) is 0 Å². The van der Waals surface area contributed by atoms with Crippen molar-refractivity contribution in [1.29, 1.82) is 0 Å². The van der Waals surface area contributed by atoms with Gasteiger partial charge in [-0.1, -0.05) is 24.3 Å². The van der Waals surface area contributed by atoms with Gasteiger partial charge in [0.05, 0.1) is 0 Å². The molecule has 0 aromatic rings. The fraction of sp³-hybridized carbons (Fsp3) is 0.143. The van der Waals surface area contributed by atoms with Gasteiger partial charge in [-0.25, -0.2) is 0 Å². The van der Waals surface area contributed by atoms with E-state index in [1.165, 1.54) is 0 Å². The van der Waals surface area contributed by atoms with E-state index >= 15 is 0 Å². The van der Waals surface area contributed by atoms with Crippen LogP contribution in [0.3, 0.4) is 0 Å². The Bertz CT molecular complexity index is 83.9. The molecule has 0 N–H and O–H groups in total. The Morgan fingerprint density at radius 1 is 1.00 bits per heavy atom. The van der Waals surface area contributed by atoms with Crippen molar-refractivity contribution in [2.24, 2.45) is 0 Å². The second-order valence-electron chi connectivity index (χ2n) is 1.09. The number of rotatable bonds is 0. The number of terminal acetylenes is 1. The van der Waals surface area contributed by atoms with Crippen LogP contribution in [0.2, 0.25) is 0 Å². The van der Waals surface area contributed by atoms with E-state index in [-0.39, 0.29) is 0 Å². The van der Waals surface area contributed by atoms with Crippen molar-refractivity contribution >= 4 is 0 Å². The maximum atomic E-state index is 4.00. The van der Waals surface area contributed by atoms with Crippen LogP contribution in [0.4, 0.5) is 0 Å². The minimum atomic E-state index is 1.14. The zero-order valence-electron chi connectivity index (χ0n) is 4.17. The van der Waals surface area contributed by atoms with Gasteiger partial charge in [-0.3, -0.25) is 0 Å². The van der Waals surface area contributed by atoms with Crippen LogP contribution in [0.1, 0.15) is 6.42 Å². The van der Waals surface area contributed by atoms with Crippen LogP contribution < -0.4 is 0 Å². The third-order valence-corrected chi connectivity index (χ3v) is 0.655. The lowest BCUT2D eigenvalue weighted by atomic mass is 10.5. The molecule has 0 saturated heterocycles. The molecule has 0 aromatic heterocycles. The number of allylic oxidation sites excluding steroid dienone is 4. The molecule has 0 fully saturated rings. The summed E-state index contributed by atoms with van der Waals surface area (Å²) >= 11 is 0. The van der Waals surface area contributed by atoms with Gasteiger partial charge < -0.3 is 0 Å². The van der Waals surface area contributed by atoms with E-state index in [2.05, 4.69) is 37.2 Å². The number of hydrogen-bond acceptors (Lipinski definition) is 0. The van der Waals surface area contributed by atoms with Crippen molar-refractivity contribution in [2.45, 2.75) is 6.42 Å². The summed E-state index contributed by atoms with van der Waals surface area (Å²) in [6, 6.07) is 0. The Morgan fingerprint density at radius 3 is 1.57 bits per heavy atom. The van der Waals surface area contributed by atoms with E-state index in [1.54, 1.807) is 0 Å². The molecule has 1 aliphatic rings. The van der Waals surface area contributed by atoms with Crippen molar-refractivity contribution < 1.29 is 0 Å². The molecule has 0 heteroatoms. The van der Waals surface area contributed by atoms with Crippen molar-refractivity contribution in [2.75, 3.05) is 0 Å². The Kier molecular flexibility index (Phi) is 4.35. The molecule has 36 valence electrons. The molecule has 0 spiro atoms. The number of hydrogen-bond donors (Lipinski definition) is 0. The predicted octanol–water partition coefficient (Wildman–Crippen LogP) is 1.75. The first-order chi connectivity index (χ1) is 3.50. The first-order valence-corrected chi connectivity index (χ1v) is 2.15. The van der Waals surface area contributed by atoms with Gasteiger partial charge in [-0.2, -0.15) is 0 Å². The molecule has 0 saturated carbocycles. The molecule has 0 unspecified atom stereocenters. The van der Waals surface area contributed by atoms with Crippen LogP contribution >= 0.6 is 0 Å². The van der Waals surface area contributed by atoms with Crippen molar-refractivity contribution in [3.63, 3.8) is 0 Å². The van der Waals surface area contributed by atoms with E-state index in [9.17, 15) is 0 Å². The highest BCUT2D eigenvalue weighted by atomic mass is 13.8. The van der Waals surface area contributed by atoms with E-state index < -0.39 is 0 Å². The van der Waals surface area contributed by atoms with Gasteiger partial charge in [0.1, 0.15) is 0 Å². The van der Waals surface area contributed by atoms with E-state index in [4.69, 9.17) is 0 Å². The molecule has 0 aromatic carbocycles.